The minimum atomic E-state index is -1.46. The first-order valence-corrected chi connectivity index (χ1v) is 5.13. The molecule has 9 heteroatoms. The van der Waals surface area contributed by atoms with Gasteiger partial charge in [-0.25, -0.2) is 11.7 Å². The predicted molar refractivity (Wildman–Crippen MR) is 63.1 cm³/mol. The molecule has 0 saturated heterocycles. The van der Waals surface area contributed by atoms with Crippen LogP contribution in [-0.4, -0.2) is 28.6 Å². The number of amides is 2. The number of hydrogen-bond donors (Lipinski definition) is 6. The lowest BCUT2D eigenvalue weighted by Crippen LogP contribution is -2.39. The van der Waals surface area contributed by atoms with Crippen molar-refractivity contribution in [1.82, 2.24) is 10.9 Å². The van der Waals surface area contributed by atoms with E-state index in [1.807, 2.05) is 5.43 Å². The van der Waals surface area contributed by atoms with Crippen molar-refractivity contribution >= 4 is 11.8 Å². The van der Waals surface area contributed by atoms with E-state index in [0.29, 0.717) is 0 Å². The Morgan fingerprint density at radius 3 is 2.26 bits per heavy atom. The molecule has 1 rings (SSSR count). The van der Waals surface area contributed by atoms with E-state index in [4.69, 9.17) is 16.4 Å². The van der Waals surface area contributed by atoms with Crippen LogP contribution in [0.4, 0.5) is 0 Å². The molecule has 0 radical (unpaired) electrons. The quantitative estimate of drug-likeness (QED) is 0.208. The second-order valence-electron chi connectivity index (χ2n) is 3.48. The maximum Gasteiger partial charge on any atom is 0.267 e. The van der Waals surface area contributed by atoms with Gasteiger partial charge in [-0.05, 0) is 12.1 Å². The van der Waals surface area contributed by atoms with Gasteiger partial charge in [0.15, 0.2) is 6.10 Å². The van der Waals surface area contributed by atoms with Crippen molar-refractivity contribution in [2.75, 3.05) is 6.61 Å². The lowest BCUT2D eigenvalue weighted by Gasteiger charge is -2.18. The Bertz CT molecular complexity index is 459. The van der Waals surface area contributed by atoms with Crippen LogP contribution in [0.5, 0.6) is 11.5 Å². The largest absolute Gasteiger partial charge is 0.507 e. The molecule has 0 saturated carbocycles. The molecular weight excluding hydrogens is 256 g/mol. The van der Waals surface area contributed by atoms with Crippen molar-refractivity contribution in [2.24, 2.45) is 11.7 Å². The Morgan fingerprint density at radius 2 is 1.79 bits per heavy atom. The molecule has 0 bridgehead atoms. The summed E-state index contributed by atoms with van der Waals surface area (Å²) in [5.41, 5.74) is 3.42. The fraction of sp³-hybridized carbons (Fsp3) is 0.200. The molecule has 1 unspecified atom stereocenters. The number of phenolic OH excluding ortho intramolecular Hbond substituents is 2. The Hall–Kier alpha value is -2.36. The van der Waals surface area contributed by atoms with E-state index in [1.165, 1.54) is 18.2 Å². The van der Waals surface area contributed by atoms with Crippen LogP contribution >= 0.6 is 0 Å². The number of nitrogens with two attached hydrogens (primary N) is 2. The SMILES string of the molecule is NNC(=O)COC(C(=O)NN)c1c(O)cccc1O. The van der Waals surface area contributed by atoms with Gasteiger partial charge < -0.3 is 14.9 Å². The van der Waals surface area contributed by atoms with Gasteiger partial charge in [0.25, 0.3) is 11.8 Å². The van der Waals surface area contributed by atoms with Gasteiger partial charge in [-0.15, -0.1) is 0 Å². The summed E-state index contributed by atoms with van der Waals surface area (Å²) in [5.74, 6) is 7.56. The molecule has 0 aromatic heterocycles. The smallest absolute Gasteiger partial charge is 0.267 e. The molecule has 2 amide bonds. The summed E-state index contributed by atoms with van der Waals surface area (Å²) in [6, 6.07) is 3.87. The lowest BCUT2D eigenvalue weighted by atomic mass is 10.1. The Kier molecular flexibility index (Phi) is 5.06. The van der Waals surface area contributed by atoms with E-state index < -0.39 is 24.5 Å². The average molecular weight is 270 g/mol. The first kappa shape index (κ1) is 14.7. The number of rotatable bonds is 5. The summed E-state index contributed by atoms with van der Waals surface area (Å²) in [6.45, 7) is -0.553. The fourth-order valence-corrected chi connectivity index (χ4v) is 1.38. The highest BCUT2D eigenvalue weighted by molar-refractivity contribution is 5.84. The Morgan fingerprint density at radius 1 is 1.21 bits per heavy atom. The summed E-state index contributed by atoms with van der Waals surface area (Å²) >= 11 is 0. The number of carbonyl (C=O) groups is 2. The molecular formula is C10H14N4O5. The van der Waals surface area contributed by atoms with E-state index >= 15 is 0 Å². The van der Waals surface area contributed by atoms with Crippen molar-refractivity contribution in [2.45, 2.75) is 6.10 Å². The normalized spacial score (nSPS) is 11.7. The topological polar surface area (TPSA) is 160 Å². The minimum absolute atomic E-state index is 0.199. The van der Waals surface area contributed by atoms with Gasteiger partial charge in [-0.1, -0.05) is 6.07 Å². The van der Waals surface area contributed by atoms with Crippen molar-refractivity contribution in [1.29, 1.82) is 0 Å². The molecule has 0 heterocycles. The van der Waals surface area contributed by atoms with Crippen LogP contribution in [0.1, 0.15) is 11.7 Å². The molecule has 0 fully saturated rings. The third-order valence-electron chi connectivity index (χ3n) is 2.24. The van der Waals surface area contributed by atoms with Crippen LogP contribution in [0.15, 0.2) is 18.2 Å². The second-order valence-corrected chi connectivity index (χ2v) is 3.48. The zero-order valence-electron chi connectivity index (χ0n) is 9.79. The maximum absolute atomic E-state index is 11.6. The molecule has 9 nitrogen and oxygen atoms in total. The summed E-state index contributed by atoms with van der Waals surface area (Å²) < 4.78 is 4.99. The standard InChI is InChI=1S/C10H14N4O5/c11-13-7(17)4-19-9(10(18)14-12)8-5(15)2-1-3-6(8)16/h1-3,9,15-16H,4,11-12H2,(H,13,17)(H,14,18). The van der Waals surface area contributed by atoms with Crippen molar-refractivity contribution < 1.29 is 24.5 Å². The molecule has 19 heavy (non-hydrogen) atoms. The van der Waals surface area contributed by atoms with E-state index in [0.717, 1.165) is 0 Å². The van der Waals surface area contributed by atoms with Crippen LogP contribution in [0, 0.1) is 0 Å². The zero-order valence-corrected chi connectivity index (χ0v) is 9.79. The first-order chi connectivity index (χ1) is 9.01. The Balaban J connectivity index is 3.03. The Labute approximate surface area is 108 Å². The van der Waals surface area contributed by atoms with Crippen molar-refractivity contribution in [3.05, 3.63) is 23.8 Å². The zero-order chi connectivity index (χ0) is 14.4. The third kappa shape index (κ3) is 3.55. The molecule has 104 valence electrons. The number of carbonyl (C=O) groups excluding carboxylic acids is 2. The molecule has 0 aliphatic heterocycles. The van der Waals surface area contributed by atoms with E-state index in [-0.39, 0.29) is 17.1 Å². The van der Waals surface area contributed by atoms with E-state index in [2.05, 4.69) is 0 Å². The summed E-state index contributed by atoms with van der Waals surface area (Å²) in [5, 5.41) is 19.3. The fourth-order valence-electron chi connectivity index (χ4n) is 1.38. The van der Waals surface area contributed by atoms with Gasteiger partial charge >= 0.3 is 0 Å². The lowest BCUT2D eigenvalue weighted by molar-refractivity contribution is -0.138. The number of phenols is 2. The van der Waals surface area contributed by atoms with Gasteiger partial charge in [0.2, 0.25) is 0 Å². The molecule has 1 aromatic carbocycles. The van der Waals surface area contributed by atoms with Crippen molar-refractivity contribution in [3.8, 4) is 11.5 Å². The summed E-state index contributed by atoms with van der Waals surface area (Å²) in [7, 11) is 0. The summed E-state index contributed by atoms with van der Waals surface area (Å²) in [6.07, 6.45) is -1.46. The van der Waals surface area contributed by atoms with Crippen LogP contribution in [0.25, 0.3) is 0 Å². The monoisotopic (exact) mass is 270 g/mol. The predicted octanol–water partition coefficient (Wildman–Crippen LogP) is -1.86. The molecule has 1 aromatic rings. The van der Waals surface area contributed by atoms with Gasteiger partial charge in [-0.3, -0.25) is 20.4 Å². The molecule has 8 N–H and O–H groups in total. The molecule has 0 spiro atoms. The molecule has 1 atom stereocenters. The van der Waals surface area contributed by atoms with Crippen LogP contribution in [-0.2, 0) is 14.3 Å². The van der Waals surface area contributed by atoms with Crippen molar-refractivity contribution in [3.63, 3.8) is 0 Å². The minimum Gasteiger partial charge on any atom is -0.507 e. The first-order valence-electron chi connectivity index (χ1n) is 5.13. The van der Waals surface area contributed by atoms with E-state index in [1.54, 1.807) is 5.43 Å². The highest BCUT2D eigenvalue weighted by Gasteiger charge is 2.27. The van der Waals surface area contributed by atoms with Gasteiger partial charge in [0.05, 0.1) is 5.56 Å². The highest BCUT2D eigenvalue weighted by Crippen LogP contribution is 2.34. The average Bonchev–Trinajstić information content (AvgIpc) is 2.40. The third-order valence-corrected chi connectivity index (χ3v) is 2.24. The van der Waals surface area contributed by atoms with Gasteiger partial charge in [-0.2, -0.15) is 0 Å². The van der Waals surface area contributed by atoms with Gasteiger partial charge in [0.1, 0.15) is 18.1 Å². The number of hydrogen-bond acceptors (Lipinski definition) is 7. The molecule has 0 aliphatic carbocycles. The van der Waals surface area contributed by atoms with Crippen LogP contribution in [0.2, 0.25) is 0 Å². The number of hydrazine groups is 2. The number of benzene rings is 1. The summed E-state index contributed by atoms with van der Waals surface area (Å²) in [4.78, 5) is 22.6. The number of nitrogens with one attached hydrogen (secondary N) is 2. The van der Waals surface area contributed by atoms with E-state index in [9.17, 15) is 19.8 Å². The highest BCUT2D eigenvalue weighted by atomic mass is 16.5. The van der Waals surface area contributed by atoms with Gasteiger partial charge in [0, 0.05) is 0 Å². The van der Waals surface area contributed by atoms with Crippen LogP contribution < -0.4 is 22.5 Å². The second kappa shape index (κ2) is 6.54. The number of ether oxygens (including phenoxy) is 1. The molecule has 0 aliphatic rings. The maximum atomic E-state index is 11.6. The number of aromatic hydroxyl groups is 2. The van der Waals surface area contributed by atoms with Crippen LogP contribution in [0.3, 0.4) is 0 Å².